The van der Waals surface area contributed by atoms with Gasteiger partial charge in [0.15, 0.2) is 0 Å². The Morgan fingerprint density at radius 1 is 1.21 bits per heavy atom. The summed E-state index contributed by atoms with van der Waals surface area (Å²) >= 11 is 0. The molecule has 14 heavy (non-hydrogen) atoms. The van der Waals surface area contributed by atoms with Gasteiger partial charge < -0.3 is 5.32 Å². The highest BCUT2D eigenvalue weighted by Gasteiger charge is 2.32. The molecule has 1 N–H and O–H groups in total. The maximum absolute atomic E-state index is 3.66. The third-order valence-corrected chi connectivity index (χ3v) is 3.54. The van der Waals surface area contributed by atoms with Gasteiger partial charge in [-0.2, -0.15) is 0 Å². The van der Waals surface area contributed by atoms with Gasteiger partial charge in [0.1, 0.15) is 0 Å². The van der Waals surface area contributed by atoms with E-state index in [9.17, 15) is 0 Å². The van der Waals surface area contributed by atoms with Crippen molar-refractivity contribution >= 4 is 0 Å². The molecule has 2 heteroatoms. The molecular weight excluding hydrogens is 172 g/mol. The van der Waals surface area contributed by atoms with Crippen molar-refractivity contribution in [1.29, 1.82) is 0 Å². The Labute approximate surface area is 88.1 Å². The van der Waals surface area contributed by atoms with E-state index in [4.69, 9.17) is 0 Å². The summed E-state index contributed by atoms with van der Waals surface area (Å²) in [5.41, 5.74) is 0. The van der Waals surface area contributed by atoms with E-state index in [2.05, 4.69) is 24.1 Å². The number of nitrogens with zero attached hydrogens (tertiary/aromatic N) is 1. The van der Waals surface area contributed by atoms with Gasteiger partial charge >= 0.3 is 0 Å². The highest BCUT2D eigenvalue weighted by atomic mass is 15.2. The zero-order valence-corrected chi connectivity index (χ0v) is 9.63. The lowest BCUT2D eigenvalue weighted by Gasteiger charge is -2.30. The van der Waals surface area contributed by atoms with Crippen molar-refractivity contribution in [2.24, 2.45) is 0 Å². The fourth-order valence-electron chi connectivity index (χ4n) is 2.31. The Morgan fingerprint density at radius 3 is 2.36 bits per heavy atom. The minimum atomic E-state index is 0.785. The summed E-state index contributed by atoms with van der Waals surface area (Å²) in [6.07, 6.45) is 6.99. The van der Waals surface area contributed by atoms with Crippen molar-refractivity contribution in [2.75, 3.05) is 13.1 Å². The first-order valence-corrected chi connectivity index (χ1v) is 6.34. The molecule has 0 radical (unpaired) electrons. The fourth-order valence-corrected chi connectivity index (χ4v) is 2.31. The Morgan fingerprint density at radius 2 is 1.93 bits per heavy atom. The van der Waals surface area contributed by atoms with Crippen LogP contribution in [0.15, 0.2) is 0 Å². The molecule has 0 aromatic carbocycles. The second-order valence-corrected chi connectivity index (χ2v) is 4.81. The Kier molecular flexibility index (Phi) is 3.45. The monoisotopic (exact) mass is 196 g/mol. The van der Waals surface area contributed by atoms with Crippen LogP contribution in [-0.2, 0) is 0 Å². The van der Waals surface area contributed by atoms with Crippen LogP contribution >= 0.6 is 0 Å². The minimum Gasteiger partial charge on any atom is -0.312 e. The topological polar surface area (TPSA) is 15.3 Å². The van der Waals surface area contributed by atoms with Gasteiger partial charge in [0, 0.05) is 24.7 Å². The molecule has 0 spiro atoms. The van der Waals surface area contributed by atoms with Crippen LogP contribution in [0.2, 0.25) is 0 Å². The standard InChI is InChI=1S/C12H24N2/c1-3-11(9-13-10-5-6-10)14(4-2)12-7-8-12/h10-13H,3-9H2,1-2H3. The van der Waals surface area contributed by atoms with E-state index in [-0.39, 0.29) is 0 Å². The van der Waals surface area contributed by atoms with Crippen molar-refractivity contribution in [2.45, 2.75) is 64.1 Å². The van der Waals surface area contributed by atoms with E-state index in [0.29, 0.717) is 0 Å². The summed E-state index contributed by atoms with van der Waals surface area (Å²) in [7, 11) is 0. The maximum Gasteiger partial charge on any atom is 0.0220 e. The molecule has 0 saturated heterocycles. The quantitative estimate of drug-likeness (QED) is 0.670. The molecule has 2 rings (SSSR count). The van der Waals surface area contributed by atoms with Crippen LogP contribution in [0.4, 0.5) is 0 Å². The van der Waals surface area contributed by atoms with E-state index < -0.39 is 0 Å². The smallest absolute Gasteiger partial charge is 0.0220 e. The van der Waals surface area contributed by atoms with Gasteiger partial charge in [-0.15, -0.1) is 0 Å². The van der Waals surface area contributed by atoms with Crippen molar-refractivity contribution < 1.29 is 0 Å². The minimum absolute atomic E-state index is 0.785. The van der Waals surface area contributed by atoms with E-state index in [1.807, 2.05) is 0 Å². The second kappa shape index (κ2) is 4.63. The van der Waals surface area contributed by atoms with Gasteiger partial charge in [-0.25, -0.2) is 0 Å². The molecule has 82 valence electrons. The molecule has 0 aromatic rings. The molecule has 1 atom stereocenters. The van der Waals surface area contributed by atoms with Crippen LogP contribution in [0.1, 0.15) is 46.0 Å². The molecule has 2 fully saturated rings. The molecule has 0 aliphatic heterocycles. The summed E-state index contributed by atoms with van der Waals surface area (Å²) in [6.45, 7) is 7.07. The predicted octanol–water partition coefficient (Wildman–Crippen LogP) is 2.00. The molecular formula is C12H24N2. The predicted molar refractivity (Wildman–Crippen MR) is 60.5 cm³/mol. The molecule has 2 aliphatic rings. The van der Waals surface area contributed by atoms with Gasteiger partial charge in [-0.05, 0) is 38.6 Å². The zero-order valence-electron chi connectivity index (χ0n) is 9.63. The average molecular weight is 196 g/mol. The largest absolute Gasteiger partial charge is 0.312 e. The number of hydrogen-bond acceptors (Lipinski definition) is 2. The van der Waals surface area contributed by atoms with Gasteiger partial charge in [0.25, 0.3) is 0 Å². The summed E-state index contributed by atoms with van der Waals surface area (Å²) in [5.74, 6) is 0. The van der Waals surface area contributed by atoms with Crippen LogP contribution in [0.25, 0.3) is 0 Å². The highest BCUT2D eigenvalue weighted by molar-refractivity contribution is 4.90. The molecule has 0 aromatic heterocycles. The van der Waals surface area contributed by atoms with Crippen LogP contribution in [0, 0.1) is 0 Å². The van der Waals surface area contributed by atoms with E-state index in [1.165, 1.54) is 45.2 Å². The number of likely N-dealkylation sites (N-methyl/N-ethyl adjacent to an activating group) is 1. The number of hydrogen-bond donors (Lipinski definition) is 1. The summed E-state index contributed by atoms with van der Waals surface area (Å²) < 4.78 is 0. The summed E-state index contributed by atoms with van der Waals surface area (Å²) in [4.78, 5) is 2.70. The van der Waals surface area contributed by atoms with Crippen molar-refractivity contribution in [3.8, 4) is 0 Å². The second-order valence-electron chi connectivity index (χ2n) is 4.81. The molecule has 0 bridgehead atoms. The molecule has 0 amide bonds. The average Bonchev–Trinajstić information content (AvgIpc) is 3.02. The Bertz CT molecular complexity index is 173. The van der Waals surface area contributed by atoms with Crippen LogP contribution in [-0.4, -0.2) is 36.1 Å². The third kappa shape index (κ3) is 2.71. The van der Waals surface area contributed by atoms with Crippen molar-refractivity contribution in [3.63, 3.8) is 0 Å². The fraction of sp³-hybridized carbons (Fsp3) is 1.00. The van der Waals surface area contributed by atoms with Crippen molar-refractivity contribution in [1.82, 2.24) is 10.2 Å². The lowest BCUT2D eigenvalue weighted by Crippen LogP contribution is -2.43. The highest BCUT2D eigenvalue weighted by Crippen LogP contribution is 2.29. The van der Waals surface area contributed by atoms with Gasteiger partial charge in [0.2, 0.25) is 0 Å². The van der Waals surface area contributed by atoms with E-state index >= 15 is 0 Å². The lowest BCUT2D eigenvalue weighted by atomic mass is 10.2. The van der Waals surface area contributed by atoms with Crippen LogP contribution in [0.5, 0.6) is 0 Å². The van der Waals surface area contributed by atoms with Crippen LogP contribution in [0.3, 0.4) is 0 Å². The lowest BCUT2D eigenvalue weighted by molar-refractivity contribution is 0.186. The normalized spacial score (nSPS) is 24.2. The maximum atomic E-state index is 3.66. The molecule has 2 nitrogen and oxygen atoms in total. The van der Waals surface area contributed by atoms with E-state index in [1.54, 1.807) is 0 Å². The van der Waals surface area contributed by atoms with E-state index in [0.717, 1.165) is 18.1 Å². The summed E-state index contributed by atoms with van der Waals surface area (Å²) in [6, 6.07) is 2.57. The molecule has 2 aliphatic carbocycles. The number of nitrogens with one attached hydrogen (secondary N) is 1. The van der Waals surface area contributed by atoms with Gasteiger partial charge in [0.05, 0.1) is 0 Å². The van der Waals surface area contributed by atoms with Gasteiger partial charge in [-0.3, -0.25) is 4.90 Å². The first-order chi connectivity index (χ1) is 6.85. The first-order valence-electron chi connectivity index (χ1n) is 6.34. The van der Waals surface area contributed by atoms with Gasteiger partial charge in [-0.1, -0.05) is 13.8 Å². The molecule has 0 heterocycles. The third-order valence-electron chi connectivity index (χ3n) is 3.54. The first kappa shape index (κ1) is 10.4. The molecule has 1 unspecified atom stereocenters. The number of rotatable bonds is 7. The Balaban J connectivity index is 1.75. The summed E-state index contributed by atoms with van der Waals surface area (Å²) in [5, 5.41) is 3.66. The molecule has 2 saturated carbocycles. The SMILES string of the molecule is CCC(CNC1CC1)N(CC)C1CC1. The van der Waals surface area contributed by atoms with Crippen molar-refractivity contribution in [3.05, 3.63) is 0 Å². The van der Waals surface area contributed by atoms with Crippen LogP contribution < -0.4 is 5.32 Å². The Hall–Kier alpha value is -0.0800. The zero-order chi connectivity index (χ0) is 9.97.